The second-order valence-electron chi connectivity index (χ2n) is 7.54. The molecule has 0 radical (unpaired) electrons. The van der Waals surface area contributed by atoms with Crippen molar-refractivity contribution >= 4 is 29.3 Å². The number of thioether (sulfide) groups is 1. The number of hydrogen-bond acceptors (Lipinski definition) is 5. The average Bonchev–Trinajstić information content (AvgIpc) is 3.43. The number of furan rings is 1. The van der Waals surface area contributed by atoms with Gasteiger partial charge in [-0.15, -0.1) is 10.2 Å². The quantitative estimate of drug-likeness (QED) is 0.475. The van der Waals surface area contributed by atoms with E-state index in [4.69, 9.17) is 16.0 Å². The van der Waals surface area contributed by atoms with Gasteiger partial charge in [-0.25, -0.2) is 0 Å². The number of nitrogens with zero attached hydrogens (tertiary/aromatic N) is 3. The first kappa shape index (κ1) is 21.0. The van der Waals surface area contributed by atoms with Crippen LogP contribution in [-0.2, 0) is 4.79 Å². The van der Waals surface area contributed by atoms with Crippen molar-refractivity contribution < 1.29 is 9.21 Å². The van der Waals surface area contributed by atoms with E-state index < -0.39 is 0 Å². The van der Waals surface area contributed by atoms with Crippen LogP contribution in [0.2, 0.25) is 5.02 Å². The van der Waals surface area contributed by atoms with E-state index in [-0.39, 0.29) is 17.7 Å². The Balaban J connectivity index is 1.46. The molecular weight excluding hydrogens is 420 g/mol. The average molecular weight is 445 g/mol. The van der Waals surface area contributed by atoms with Crippen molar-refractivity contribution in [1.82, 2.24) is 20.1 Å². The van der Waals surface area contributed by atoms with Gasteiger partial charge >= 0.3 is 0 Å². The molecule has 1 fully saturated rings. The minimum absolute atomic E-state index is 0.0647. The Morgan fingerprint density at radius 1 is 1.23 bits per heavy atom. The Morgan fingerprint density at radius 3 is 2.77 bits per heavy atom. The third-order valence-corrected chi connectivity index (χ3v) is 6.71. The van der Waals surface area contributed by atoms with Gasteiger partial charge in [-0.1, -0.05) is 60.8 Å². The number of amides is 1. The first-order valence-corrected chi connectivity index (χ1v) is 11.6. The summed E-state index contributed by atoms with van der Waals surface area (Å²) in [6.45, 7) is 1.93. The van der Waals surface area contributed by atoms with Gasteiger partial charge < -0.3 is 9.73 Å². The number of benzene rings is 1. The molecule has 0 spiro atoms. The van der Waals surface area contributed by atoms with E-state index in [1.165, 1.54) is 31.0 Å². The third kappa shape index (κ3) is 4.73. The summed E-state index contributed by atoms with van der Waals surface area (Å²) in [4.78, 5) is 12.6. The van der Waals surface area contributed by atoms with Crippen LogP contribution in [0.1, 0.15) is 56.7 Å². The minimum atomic E-state index is -0.165. The second kappa shape index (κ2) is 9.71. The van der Waals surface area contributed by atoms with Crippen molar-refractivity contribution in [2.45, 2.75) is 56.3 Å². The van der Waals surface area contributed by atoms with Crippen molar-refractivity contribution in [1.29, 1.82) is 0 Å². The zero-order chi connectivity index (χ0) is 20.9. The Labute approximate surface area is 185 Å². The van der Waals surface area contributed by atoms with Gasteiger partial charge in [0.1, 0.15) is 0 Å². The highest BCUT2D eigenvalue weighted by atomic mass is 35.5. The normalized spacial score (nSPS) is 15.8. The van der Waals surface area contributed by atoms with E-state index in [1.807, 2.05) is 43.3 Å². The van der Waals surface area contributed by atoms with Crippen LogP contribution in [0.5, 0.6) is 0 Å². The number of hydrogen-bond donors (Lipinski definition) is 1. The molecule has 0 bridgehead atoms. The molecule has 8 heteroatoms. The van der Waals surface area contributed by atoms with Crippen LogP contribution in [-0.4, -0.2) is 26.4 Å². The maximum atomic E-state index is 12.6. The number of carbonyl (C=O) groups excluding carboxylic acids is 1. The minimum Gasteiger partial charge on any atom is -0.461 e. The summed E-state index contributed by atoms with van der Waals surface area (Å²) in [6.07, 6.45) is 7.48. The topological polar surface area (TPSA) is 73.0 Å². The molecular formula is C22H25ClN4O2S. The Bertz CT molecular complexity index is 983. The summed E-state index contributed by atoms with van der Waals surface area (Å²) in [5.74, 6) is 1.64. The first-order chi connectivity index (χ1) is 14.6. The molecule has 2 heterocycles. The fourth-order valence-corrected chi connectivity index (χ4v) is 5.05. The summed E-state index contributed by atoms with van der Waals surface area (Å²) < 4.78 is 7.74. The van der Waals surface area contributed by atoms with Crippen LogP contribution in [0.3, 0.4) is 0 Å². The molecule has 1 aromatic carbocycles. The molecule has 30 heavy (non-hydrogen) atoms. The summed E-state index contributed by atoms with van der Waals surface area (Å²) >= 11 is 7.66. The van der Waals surface area contributed by atoms with Crippen molar-refractivity contribution in [3.05, 3.63) is 53.2 Å². The Hall–Kier alpha value is -2.25. The molecule has 1 atom stereocenters. The van der Waals surface area contributed by atoms with Gasteiger partial charge in [-0.2, -0.15) is 0 Å². The van der Waals surface area contributed by atoms with Crippen LogP contribution in [0, 0.1) is 0 Å². The van der Waals surface area contributed by atoms with Crippen molar-refractivity contribution in [3.8, 4) is 11.6 Å². The lowest BCUT2D eigenvalue weighted by Gasteiger charge is -2.25. The molecule has 4 rings (SSSR count). The highest BCUT2D eigenvalue weighted by molar-refractivity contribution is 7.99. The molecule has 0 saturated heterocycles. The number of aromatic nitrogens is 3. The molecule has 1 amide bonds. The molecule has 2 aromatic heterocycles. The fraction of sp³-hybridized carbons (Fsp3) is 0.409. The molecule has 0 unspecified atom stereocenters. The summed E-state index contributed by atoms with van der Waals surface area (Å²) in [7, 11) is 0. The zero-order valence-corrected chi connectivity index (χ0v) is 18.5. The molecule has 1 N–H and O–H groups in total. The van der Waals surface area contributed by atoms with Crippen LogP contribution >= 0.6 is 23.4 Å². The first-order valence-electron chi connectivity index (χ1n) is 10.3. The smallest absolute Gasteiger partial charge is 0.230 e. The predicted octanol–water partition coefficient (Wildman–Crippen LogP) is 5.67. The second-order valence-corrected chi connectivity index (χ2v) is 8.89. The number of carbonyl (C=O) groups is 1. The standard InChI is InChI=1S/C22H25ClN4O2S/c1-15(17-10-5-6-11-18(17)23)24-20(28)14-30-22-26-25-21(19-12-7-13-29-19)27(22)16-8-3-2-4-9-16/h5-7,10-13,15-16H,2-4,8-9,14H2,1H3,(H,24,28)/t15-/m0/s1. The van der Waals surface area contributed by atoms with Gasteiger partial charge in [0.2, 0.25) is 11.7 Å². The summed E-state index contributed by atoms with van der Waals surface area (Å²) in [5, 5.41) is 13.2. The lowest BCUT2D eigenvalue weighted by atomic mass is 9.95. The van der Waals surface area contributed by atoms with Gasteiger partial charge in [-0.05, 0) is 43.5 Å². The lowest BCUT2D eigenvalue weighted by molar-refractivity contribution is -0.119. The Kier molecular flexibility index (Phi) is 6.79. The van der Waals surface area contributed by atoms with E-state index in [1.54, 1.807) is 6.26 Å². The zero-order valence-electron chi connectivity index (χ0n) is 16.9. The molecule has 6 nitrogen and oxygen atoms in total. The van der Waals surface area contributed by atoms with Gasteiger partial charge in [0.25, 0.3) is 0 Å². The molecule has 158 valence electrons. The number of rotatable bonds is 7. The summed E-state index contributed by atoms with van der Waals surface area (Å²) in [6, 6.07) is 11.5. The Morgan fingerprint density at radius 2 is 2.03 bits per heavy atom. The van der Waals surface area contributed by atoms with E-state index >= 15 is 0 Å². The van der Waals surface area contributed by atoms with Gasteiger partial charge in [0.05, 0.1) is 18.1 Å². The van der Waals surface area contributed by atoms with Gasteiger partial charge in [0.15, 0.2) is 10.9 Å². The van der Waals surface area contributed by atoms with E-state index in [0.29, 0.717) is 16.8 Å². The fourth-order valence-electron chi connectivity index (χ4n) is 3.93. The maximum Gasteiger partial charge on any atom is 0.230 e. The monoisotopic (exact) mass is 444 g/mol. The van der Waals surface area contributed by atoms with Gasteiger partial charge in [0, 0.05) is 11.1 Å². The van der Waals surface area contributed by atoms with E-state index in [9.17, 15) is 4.79 Å². The van der Waals surface area contributed by atoms with Crippen molar-refractivity contribution in [2.24, 2.45) is 0 Å². The van der Waals surface area contributed by atoms with Crippen LogP contribution < -0.4 is 5.32 Å². The SMILES string of the molecule is C[C@H](NC(=O)CSc1nnc(-c2ccco2)n1C1CCCCC1)c1ccccc1Cl. The molecule has 3 aromatic rings. The lowest BCUT2D eigenvalue weighted by Crippen LogP contribution is -2.28. The third-order valence-electron chi connectivity index (χ3n) is 5.43. The van der Waals surface area contributed by atoms with Crippen LogP contribution in [0.15, 0.2) is 52.2 Å². The van der Waals surface area contributed by atoms with Crippen molar-refractivity contribution in [3.63, 3.8) is 0 Å². The maximum absolute atomic E-state index is 12.6. The van der Waals surface area contributed by atoms with E-state index in [0.717, 1.165) is 29.4 Å². The van der Waals surface area contributed by atoms with E-state index in [2.05, 4.69) is 20.1 Å². The number of nitrogens with one attached hydrogen (secondary N) is 1. The largest absolute Gasteiger partial charge is 0.461 e. The summed E-state index contributed by atoms with van der Waals surface area (Å²) in [5.41, 5.74) is 0.906. The predicted molar refractivity (Wildman–Crippen MR) is 119 cm³/mol. The molecule has 1 aliphatic rings. The highest BCUT2D eigenvalue weighted by Gasteiger charge is 2.25. The number of halogens is 1. The van der Waals surface area contributed by atoms with Gasteiger partial charge in [-0.3, -0.25) is 9.36 Å². The molecule has 1 saturated carbocycles. The molecule has 0 aliphatic heterocycles. The highest BCUT2D eigenvalue weighted by Crippen LogP contribution is 2.35. The van der Waals surface area contributed by atoms with Crippen LogP contribution in [0.25, 0.3) is 11.6 Å². The van der Waals surface area contributed by atoms with Crippen molar-refractivity contribution in [2.75, 3.05) is 5.75 Å². The molecule has 1 aliphatic carbocycles. The van der Waals surface area contributed by atoms with Crippen LogP contribution in [0.4, 0.5) is 0 Å².